The molecular formula is C52H34N2SSi. The van der Waals surface area contributed by atoms with E-state index in [0.29, 0.717) is 0 Å². The molecule has 9 aromatic carbocycles. The van der Waals surface area contributed by atoms with Crippen molar-refractivity contribution in [2.75, 3.05) is 0 Å². The smallest absolute Gasteiger partial charge is 0.182 e. The SMILES string of the molecule is c1ccc2c(c1)Sc1cc(-n3c4ccccc4c4ccccc43)ccc1[Si]2(c1ccc(-n2c3ccccc3c3ccccc32)cc1)c1cccc2ccccc12. The monoisotopic (exact) mass is 746 g/mol. The number of benzene rings is 9. The topological polar surface area (TPSA) is 9.86 Å². The summed E-state index contributed by atoms with van der Waals surface area (Å²) >= 11 is 1.92. The highest BCUT2D eigenvalue weighted by molar-refractivity contribution is 8.00. The lowest BCUT2D eigenvalue weighted by atomic mass is 10.1. The van der Waals surface area contributed by atoms with Gasteiger partial charge in [0.15, 0.2) is 8.07 Å². The summed E-state index contributed by atoms with van der Waals surface area (Å²) < 4.78 is 4.88. The standard InChI is InChI=1S/C52H34N2SSi/c1-2-16-39-35(14-1)15-13-27-50(39)56(38-31-28-36(29-32-38)53-44-21-7-3-17-40(44)41-18-4-8-22-45(41)53)51-26-12-11-25-48(51)55-49-34-37(30-33-52(49)56)54-46-23-9-5-19-42(46)43-20-6-10-24-47(43)54/h1-34H. The van der Waals surface area contributed by atoms with E-state index in [9.17, 15) is 0 Å². The van der Waals surface area contributed by atoms with Crippen molar-refractivity contribution in [2.24, 2.45) is 0 Å². The predicted octanol–water partition coefficient (Wildman–Crippen LogP) is 10.9. The van der Waals surface area contributed by atoms with Gasteiger partial charge in [0.1, 0.15) is 0 Å². The minimum absolute atomic E-state index is 1.17. The van der Waals surface area contributed by atoms with Crippen LogP contribution in [0.2, 0.25) is 0 Å². The van der Waals surface area contributed by atoms with Crippen molar-refractivity contribution in [2.45, 2.75) is 9.79 Å². The van der Waals surface area contributed by atoms with E-state index in [0.717, 1.165) is 0 Å². The van der Waals surface area contributed by atoms with Crippen molar-refractivity contribution in [1.82, 2.24) is 9.13 Å². The zero-order valence-electron chi connectivity index (χ0n) is 30.4. The molecule has 2 aromatic heterocycles. The maximum atomic E-state index is 2.48. The van der Waals surface area contributed by atoms with E-state index in [1.807, 2.05) is 11.8 Å². The van der Waals surface area contributed by atoms with Gasteiger partial charge in [-0.1, -0.05) is 163 Å². The van der Waals surface area contributed by atoms with Gasteiger partial charge in [0.05, 0.1) is 22.1 Å². The quantitative estimate of drug-likeness (QED) is 0.163. The average molecular weight is 747 g/mol. The van der Waals surface area contributed by atoms with Gasteiger partial charge in [-0.25, -0.2) is 0 Å². The summed E-state index contributed by atoms with van der Waals surface area (Å²) in [5.41, 5.74) is 7.28. The second-order valence-electron chi connectivity index (χ2n) is 14.8. The first-order chi connectivity index (χ1) is 27.8. The van der Waals surface area contributed by atoms with E-state index in [4.69, 9.17) is 0 Å². The second-order valence-corrected chi connectivity index (χ2v) is 19.6. The zero-order chi connectivity index (χ0) is 36.8. The molecule has 0 aliphatic carbocycles. The molecule has 0 saturated heterocycles. The molecule has 4 heteroatoms. The summed E-state index contributed by atoms with van der Waals surface area (Å²) in [6.07, 6.45) is 0. The van der Waals surface area contributed by atoms with E-state index < -0.39 is 8.07 Å². The molecule has 1 atom stereocenters. The van der Waals surface area contributed by atoms with Crippen molar-refractivity contribution >= 4 is 95.0 Å². The predicted molar refractivity (Wildman–Crippen MR) is 240 cm³/mol. The largest absolute Gasteiger partial charge is 0.309 e. The Hall–Kier alpha value is -6.59. The lowest BCUT2D eigenvalue weighted by Gasteiger charge is -2.40. The fourth-order valence-corrected chi connectivity index (χ4v) is 16.9. The first-order valence-electron chi connectivity index (χ1n) is 19.3. The third-order valence-electron chi connectivity index (χ3n) is 12.1. The number of hydrogen-bond donors (Lipinski definition) is 0. The van der Waals surface area contributed by atoms with Crippen LogP contribution in [-0.2, 0) is 0 Å². The normalized spacial score (nSPS) is 15.1. The molecule has 0 saturated carbocycles. The first-order valence-corrected chi connectivity index (χ1v) is 22.1. The van der Waals surface area contributed by atoms with Crippen molar-refractivity contribution < 1.29 is 0 Å². The zero-order valence-corrected chi connectivity index (χ0v) is 32.2. The number of para-hydroxylation sites is 4. The Kier molecular flexibility index (Phi) is 6.92. The maximum absolute atomic E-state index is 2.91. The summed E-state index contributed by atoms with van der Waals surface area (Å²) in [5, 5.41) is 13.4. The van der Waals surface area contributed by atoms with Crippen molar-refractivity contribution in [1.29, 1.82) is 0 Å². The molecule has 2 nitrogen and oxygen atoms in total. The Morgan fingerprint density at radius 1 is 0.321 bits per heavy atom. The number of aromatic nitrogens is 2. The van der Waals surface area contributed by atoms with Gasteiger partial charge >= 0.3 is 0 Å². The van der Waals surface area contributed by atoms with Gasteiger partial charge in [0, 0.05) is 42.7 Å². The molecule has 262 valence electrons. The molecule has 3 heterocycles. The summed E-state index contributed by atoms with van der Waals surface area (Å²) in [6, 6.07) is 77.3. The van der Waals surface area contributed by atoms with Crippen LogP contribution < -0.4 is 20.7 Å². The van der Waals surface area contributed by atoms with Crippen LogP contribution in [-0.4, -0.2) is 17.2 Å². The second kappa shape index (κ2) is 12.2. The summed E-state index contributed by atoms with van der Waals surface area (Å²) in [7, 11) is -2.91. The number of nitrogens with zero attached hydrogens (tertiary/aromatic N) is 2. The van der Waals surface area contributed by atoms with Gasteiger partial charge in [-0.05, 0) is 86.1 Å². The van der Waals surface area contributed by atoms with E-state index in [1.165, 1.54) is 96.3 Å². The van der Waals surface area contributed by atoms with Gasteiger partial charge in [-0.15, -0.1) is 0 Å². The van der Waals surface area contributed by atoms with Crippen LogP contribution in [0.15, 0.2) is 216 Å². The molecule has 1 unspecified atom stereocenters. The third-order valence-corrected chi connectivity index (χ3v) is 18.5. The van der Waals surface area contributed by atoms with E-state index in [1.54, 1.807) is 0 Å². The Balaban J connectivity index is 1.15. The number of rotatable bonds is 4. The minimum Gasteiger partial charge on any atom is -0.309 e. The summed E-state index contributed by atoms with van der Waals surface area (Å²) in [6.45, 7) is 0. The van der Waals surface area contributed by atoms with Crippen LogP contribution >= 0.6 is 11.8 Å². The highest BCUT2D eigenvalue weighted by atomic mass is 32.2. The highest BCUT2D eigenvalue weighted by Gasteiger charge is 2.47. The van der Waals surface area contributed by atoms with E-state index >= 15 is 0 Å². The van der Waals surface area contributed by atoms with Crippen LogP contribution in [0.25, 0.3) is 65.8 Å². The van der Waals surface area contributed by atoms with Crippen LogP contribution in [0.3, 0.4) is 0 Å². The molecule has 56 heavy (non-hydrogen) atoms. The molecule has 0 amide bonds. The Morgan fingerprint density at radius 3 is 1.39 bits per heavy atom. The molecule has 0 bridgehead atoms. The van der Waals surface area contributed by atoms with Crippen LogP contribution in [0, 0.1) is 0 Å². The Labute approximate surface area is 329 Å². The number of hydrogen-bond acceptors (Lipinski definition) is 1. The van der Waals surface area contributed by atoms with Crippen LogP contribution in [0.5, 0.6) is 0 Å². The molecule has 0 fully saturated rings. The summed E-state index contributed by atoms with van der Waals surface area (Å²) in [4.78, 5) is 2.67. The van der Waals surface area contributed by atoms with Gasteiger partial charge in [0.2, 0.25) is 0 Å². The maximum Gasteiger partial charge on any atom is 0.182 e. The van der Waals surface area contributed by atoms with Crippen molar-refractivity contribution in [3.8, 4) is 11.4 Å². The molecule has 1 aliphatic heterocycles. The molecule has 0 spiro atoms. The van der Waals surface area contributed by atoms with Gasteiger partial charge in [-0.3, -0.25) is 0 Å². The van der Waals surface area contributed by atoms with Crippen LogP contribution in [0.1, 0.15) is 0 Å². The van der Waals surface area contributed by atoms with E-state index in [-0.39, 0.29) is 0 Å². The molecule has 12 rings (SSSR count). The average Bonchev–Trinajstić information content (AvgIpc) is 3.78. The highest BCUT2D eigenvalue weighted by Crippen LogP contribution is 2.38. The van der Waals surface area contributed by atoms with Crippen molar-refractivity contribution in [3.05, 3.63) is 206 Å². The molecule has 11 aromatic rings. The number of fused-ring (bicyclic) bond motifs is 9. The molecule has 1 aliphatic rings. The van der Waals surface area contributed by atoms with Crippen molar-refractivity contribution in [3.63, 3.8) is 0 Å². The Morgan fingerprint density at radius 2 is 0.768 bits per heavy atom. The van der Waals surface area contributed by atoms with Gasteiger partial charge in [0.25, 0.3) is 0 Å². The third kappa shape index (κ3) is 4.40. The van der Waals surface area contributed by atoms with Crippen LogP contribution in [0.4, 0.5) is 0 Å². The van der Waals surface area contributed by atoms with Gasteiger partial charge < -0.3 is 9.13 Å². The Bertz CT molecular complexity index is 3240. The lowest BCUT2D eigenvalue weighted by Crippen LogP contribution is -2.76. The fraction of sp³-hybridized carbons (Fsp3) is 0. The van der Waals surface area contributed by atoms with Gasteiger partial charge in [-0.2, -0.15) is 0 Å². The fourth-order valence-electron chi connectivity index (χ4n) is 9.74. The van der Waals surface area contributed by atoms with E-state index in [2.05, 4.69) is 215 Å². The minimum atomic E-state index is -2.91. The summed E-state index contributed by atoms with van der Waals surface area (Å²) in [5.74, 6) is 0. The molecule has 0 N–H and O–H groups in total. The molecular weight excluding hydrogens is 713 g/mol. The lowest BCUT2D eigenvalue weighted by molar-refractivity contribution is 1.16. The first kappa shape index (κ1) is 31.7. The molecule has 0 radical (unpaired) electrons.